The first kappa shape index (κ1) is 11.7. The van der Waals surface area contributed by atoms with Gasteiger partial charge >= 0.3 is 0 Å². The number of fused-ring (bicyclic) bond motifs is 1. The van der Waals surface area contributed by atoms with E-state index in [0.29, 0.717) is 6.04 Å². The van der Waals surface area contributed by atoms with Crippen molar-refractivity contribution in [3.8, 4) is 5.75 Å². The number of benzene rings is 1. The lowest BCUT2D eigenvalue weighted by Gasteiger charge is -2.29. The van der Waals surface area contributed by atoms with Crippen LogP contribution in [0.15, 0.2) is 12.1 Å². The van der Waals surface area contributed by atoms with E-state index in [9.17, 15) is 0 Å². The Kier molecular flexibility index (Phi) is 3.72. The smallest absolute Gasteiger partial charge is 0.142 e. The van der Waals surface area contributed by atoms with Crippen molar-refractivity contribution in [3.05, 3.63) is 28.3 Å². The summed E-state index contributed by atoms with van der Waals surface area (Å²) in [5.41, 5.74) is 2.50. The molecule has 3 heteroatoms. The Morgan fingerprint density at radius 3 is 3.06 bits per heavy atom. The van der Waals surface area contributed by atoms with Gasteiger partial charge in [0, 0.05) is 18.0 Å². The summed E-state index contributed by atoms with van der Waals surface area (Å²) in [5.74, 6) is 0.876. The molecule has 2 rings (SSSR count). The summed E-state index contributed by atoms with van der Waals surface area (Å²) in [4.78, 5) is 0. The van der Waals surface area contributed by atoms with Crippen molar-refractivity contribution in [1.82, 2.24) is 5.32 Å². The van der Waals surface area contributed by atoms with Crippen molar-refractivity contribution in [1.29, 1.82) is 0 Å². The van der Waals surface area contributed by atoms with Gasteiger partial charge in [-0.2, -0.15) is 0 Å². The molecule has 0 aliphatic carbocycles. The van der Waals surface area contributed by atoms with Gasteiger partial charge in [-0.05, 0) is 31.5 Å². The van der Waals surface area contributed by atoms with Gasteiger partial charge < -0.3 is 10.1 Å². The fourth-order valence-electron chi connectivity index (χ4n) is 2.20. The number of hydrogen-bond donors (Lipinski definition) is 1. The van der Waals surface area contributed by atoms with Crippen LogP contribution in [0.5, 0.6) is 5.75 Å². The predicted molar refractivity (Wildman–Crippen MR) is 67.3 cm³/mol. The van der Waals surface area contributed by atoms with Crippen molar-refractivity contribution in [3.63, 3.8) is 0 Å². The molecule has 0 saturated carbocycles. The highest BCUT2D eigenvalue weighted by molar-refractivity contribution is 6.32. The fourth-order valence-corrected chi connectivity index (χ4v) is 2.42. The first-order chi connectivity index (χ1) is 7.74. The molecule has 0 amide bonds. The van der Waals surface area contributed by atoms with Crippen LogP contribution in [0.3, 0.4) is 0 Å². The van der Waals surface area contributed by atoms with Crippen LogP contribution in [0.4, 0.5) is 0 Å². The standard InChI is InChI=1S/C13H18ClNO/c1-3-7-15-11-6-8-16-13-10(14)5-4-9(2)12(11)13/h4-5,11,15H,3,6-8H2,1-2H3. The largest absolute Gasteiger partial charge is 0.492 e. The molecule has 0 bridgehead atoms. The molecule has 0 saturated heterocycles. The molecule has 0 fully saturated rings. The minimum atomic E-state index is 0.391. The normalized spacial score (nSPS) is 19.1. The molecular weight excluding hydrogens is 222 g/mol. The van der Waals surface area contributed by atoms with Crippen molar-refractivity contribution in [2.75, 3.05) is 13.2 Å². The third kappa shape index (κ3) is 2.18. The van der Waals surface area contributed by atoms with Gasteiger partial charge in [0.05, 0.1) is 11.6 Å². The molecule has 2 nitrogen and oxygen atoms in total. The Morgan fingerprint density at radius 2 is 2.31 bits per heavy atom. The van der Waals surface area contributed by atoms with Crippen molar-refractivity contribution < 1.29 is 4.74 Å². The molecule has 16 heavy (non-hydrogen) atoms. The van der Waals surface area contributed by atoms with Crippen molar-refractivity contribution in [2.24, 2.45) is 0 Å². The summed E-state index contributed by atoms with van der Waals surface area (Å²) >= 11 is 6.16. The molecule has 1 atom stereocenters. The third-order valence-corrected chi connectivity index (χ3v) is 3.31. The lowest BCUT2D eigenvalue weighted by Crippen LogP contribution is -2.28. The van der Waals surface area contributed by atoms with E-state index in [1.807, 2.05) is 6.07 Å². The summed E-state index contributed by atoms with van der Waals surface area (Å²) in [5, 5.41) is 4.28. The van der Waals surface area contributed by atoms with Crippen molar-refractivity contribution >= 4 is 11.6 Å². The van der Waals surface area contributed by atoms with Gasteiger partial charge in [-0.15, -0.1) is 0 Å². The zero-order valence-electron chi connectivity index (χ0n) is 9.85. The first-order valence-corrected chi connectivity index (χ1v) is 6.27. The van der Waals surface area contributed by atoms with Crippen LogP contribution >= 0.6 is 11.6 Å². The molecular formula is C13H18ClNO. The van der Waals surface area contributed by atoms with Gasteiger partial charge in [-0.1, -0.05) is 24.6 Å². The molecule has 0 radical (unpaired) electrons. The molecule has 1 aliphatic heterocycles. The van der Waals surface area contributed by atoms with Crippen LogP contribution in [0.25, 0.3) is 0 Å². The third-order valence-electron chi connectivity index (χ3n) is 3.01. The number of ether oxygens (including phenoxy) is 1. The maximum absolute atomic E-state index is 6.16. The molecule has 88 valence electrons. The van der Waals surface area contributed by atoms with E-state index in [-0.39, 0.29) is 0 Å². The summed E-state index contributed by atoms with van der Waals surface area (Å²) in [6, 6.07) is 4.37. The monoisotopic (exact) mass is 239 g/mol. The van der Waals surface area contributed by atoms with Crippen LogP contribution in [0.1, 0.15) is 36.9 Å². The van der Waals surface area contributed by atoms with Gasteiger partial charge in [0.15, 0.2) is 0 Å². The zero-order valence-corrected chi connectivity index (χ0v) is 10.6. The number of aryl methyl sites for hydroxylation is 1. The predicted octanol–water partition coefficient (Wildman–Crippen LogP) is 3.47. The molecule has 1 aromatic rings. The van der Waals surface area contributed by atoms with Crippen LogP contribution in [0, 0.1) is 6.92 Å². The fraction of sp³-hybridized carbons (Fsp3) is 0.538. The maximum atomic E-state index is 6.16. The molecule has 0 aromatic heterocycles. The SMILES string of the molecule is CCCNC1CCOc2c(Cl)ccc(C)c21. The molecule has 1 N–H and O–H groups in total. The highest BCUT2D eigenvalue weighted by atomic mass is 35.5. The van der Waals surface area contributed by atoms with Crippen LogP contribution in [-0.4, -0.2) is 13.2 Å². The Balaban J connectivity index is 2.33. The van der Waals surface area contributed by atoms with Gasteiger partial charge in [-0.3, -0.25) is 0 Å². The molecule has 1 aromatic carbocycles. The molecule has 0 spiro atoms. The minimum Gasteiger partial charge on any atom is -0.492 e. The van der Waals surface area contributed by atoms with E-state index in [4.69, 9.17) is 16.3 Å². The second-order valence-electron chi connectivity index (χ2n) is 4.25. The number of hydrogen-bond acceptors (Lipinski definition) is 2. The van der Waals surface area contributed by atoms with E-state index in [1.54, 1.807) is 0 Å². The van der Waals surface area contributed by atoms with Gasteiger partial charge in [0.25, 0.3) is 0 Å². The number of halogens is 1. The van der Waals surface area contributed by atoms with E-state index >= 15 is 0 Å². The first-order valence-electron chi connectivity index (χ1n) is 5.89. The second-order valence-corrected chi connectivity index (χ2v) is 4.66. The highest BCUT2D eigenvalue weighted by Gasteiger charge is 2.24. The quantitative estimate of drug-likeness (QED) is 0.872. The highest BCUT2D eigenvalue weighted by Crippen LogP contribution is 2.39. The van der Waals surface area contributed by atoms with Crippen LogP contribution in [0.2, 0.25) is 5.02 Å². The summed E-state index contributed by atoms with van der Waals surface area (Å²) < 4.78 is 5.67. The van der Waals surface area contributed by atoms with E-state index in [1.165, 1.54) is 11.1 Å². The van der Waals surface area contributed by atoms with E-state index in [0.717, 1.165) is 36.8 Å². The average molecular weight is 240 g/mol. The summed E-state index contributed by atoms with van der Waals surface area (Å²) in [6.45, 7) is 6.08. The zero-order chi connectivity index (χ0) is 11.5. The minimum absolute atomic E-state index is 0.391. The second kappa shape index (κ2) is 5.07. The Morgan fingerprint density at radius 1 is 1.50 bits per heavy atom. The molecule has 1 unspecified atom stereocenters. The van der Waals surface area contributed by atoms with Crippen LogP contribution < -0.4 is 10.1 Å². The summed E-state index contributed by atoms with van der Waals surface area (Å²) in [7, 11) is 0. The van der Waals surface area contributed by atoms with Crippen molar-refractivity contribution in [2.45, 2.75) is 32.7 Å². The number of rotatable bonds is 3. The van der Waals surface area contributed by atoms with Gasteiger partial charge in [0.2, 0.25) is 0 Å². The van der Waals surface area contributed by atoms with Gasteiger partial charge in [0.1, 0.15) is 5.75 Å². The molecule has 1 heterocycles. The maximum Gasteiger partial charge on any atom is 0.142 e. The lowest BCUT2D eigenvalue weighted by molar-refractivity contribution is 0.252. The molecule has 1 aliphatic rings. The van der Waals surface area contributed by atoms with E-state index < -0.39 is 0 Å². The average Bonchev–Trinajstić information content (AvgIpc) is 2.31. The Hall–Kier alpha value is -0.730. The van der Waals surface area contributed by atoms with Crippen LogP contribution in [-0.2, 0) is 0 Å². The number of nitrogens with one attached hydrogen (secondary N) is 1. The van der Waals surface area contributed by atoms with E-state index in [2.05, 4.69) is 25.2 Å². The lowest BCUT2D eigenvalue weighted by atomic mass is 9.96. The topological polar surface area (TPSA) is 21.3 Å². The Bertz CT molecular complexity index is 378. The summed E-state index contributed by atoms with van der Waals surface area (Å²) in [6.07, 6.45) is 2.17. The van der Waals surface area contributed by atoms with Gasteiger partial charge in [-0.25, -0.2) is 0 Å². The Labute approximate surface area is 102 Å².